The molecule has 3 aromatic rings. The van der Waals surface area contributed by atoms with Gasteiger partial charge in [0.25, 0.3) is 5.91 Å². The predicted octanol–water partition coefficient (Wildman–Crippen LogP) is 4.41. The van der Waals surface area contributed by atoms with Gasteiger partial charge in [-0.2, -0.15) is 0 Å². The molecule has 1 heterocycles. The Morgan fingerprint density at radius 1 is 1.03 bits per heavy atom. The molecule has 3 rings (SSSR count). The topological polar surface area (TPSA) is 69.0 Å². The summed E-state index contributed by atoms with van der Waals surface area (Å²) in [5, 5.41) is 0. The van der Waals surface area contributed by atoms with E-state index in [0.29, 0.717) is 29.4 Å². The van der Waals surface area contributed by atoms with Crippen molar-refractivity contribution in [3.63, 3.8) is 0 Å². The number of hydrogen-bond donors (Lipinski definition) is 0. The Morgan fingerprint density at radius 2 is 1.79 bits per heavy atom. The summed E-state index contributed by atoms with van der Waals surface area (Å²) in [6.45, 7) is 3.57. The number of anilines is 1. The van der Waals surface area contributed by atoms with Gasteiger partial charge in [-0.15, -0.1) is 0 Å². The molecule has 6 heteroatoms. The molecule has 0 saturated carbocycles. The van der Waals surface area contributed by atoms with Gasteiger partial charge >= 0.3 is 0 Å². The summed E-state index contributed by atoms with van der Waals surface area (Å²) in [5.74, 6) is 1.16. The molecular formula is C23H23NO5. The van der Waals surface area contributed by atoms with Crippen LogP contribution in [0.4, 0.5) is 5.69 Å². The number of methoxy groups -OCH3 is 1. The van der Waals surface area contributed by atoms with Crippen LogP contribution in [0.5, 0.6) is 11.5 Å². The first-order valence-electron chi connectivity index (χ1n) is 9.19. The summed E-state index contributed by atoms with van der Waals surface area (Å²) >= 11 is 0. The first kappa shape index (κ1) is 20.2. The monoisotopic (exact) mass is 393 g/mol. The number of ketones is 1. The SMILES string of the molecule is COc1cc(C(C)=O)ccc1OCC(=O)N(Cc1ccco1)c1ccc(C)cc1. The average molecular weight is 393 g/mol. The molecule has 6 nitrogen and oxygen atoms in total. The number of rotatable bonds is 8. The summed E-state index contributed by atoms with van der Waals surface area (Å²) in [7, 11) is 1.49. The summed E-state index contributed by atoms with van der Waals surface area (Å²) in [4.78, 5) is 26.1. The second-order valence-electron chi connectivity index (χ2n) is 6.61. The molecular weight excluding hydrogens is 370 g/mol. The van der Waals surface area contributed by atoms with Crippen molar-refractivity contribution in [2.24, 2.45) is 0 Å². The van der Waals surface area contributed by atoms with E-state index in [1.54, 1.807) is 35.4 Å². The Balaban J connectivity index is 1.78. The number of hydrogen-bond acceptors (Lipinski definition) is 5. The highest BCUT2D eigenvalue weighted by Gasteiger charge is 2.19. The maximum absolute atomic E-state index is 13.0. The molecule has 0 saturated heterocycles. The maximum Gasteiger partial charge on any atom is 0.265 e. The second kappa shape index (κ2) is 9.10. The first-order valence-corrected chi connectivity index (χ1v) is 9.19. The summed E-state index contributed by atoms with van der Waals surface area (Å²) in [6.07, 6.45) is 1.57. The van der Waals surface area contributed by atoms with Crippen molar-refractivity contribution in [3.8, 4) is 11.5 Å². The zero-order valence-corrected chi connectivity index (χ0v) is 16.7. The van der Waals surface area contributed by atoms with Crippen LogP contribution < -0.4 is 14.4 Å². The molecule has 1 aromatic heterocycles. The molecule has 0 aliphatic heterocycles. The van der Waals surface area contributed by atoms with Crippen molar-refractivity contribution in [2.45, 2.75) is 20.4 Å². The molecule has 0 N–H and O–H groups in total. The van der Waals surface area contributed by atoms with Crippen molar-refractivity contribution < 1.29 is 23.5 Å². The number of aryl methyl sites for hydroxylation is 1. The van der Waals surface area contributed by atoms with Gasteiger partial charge < -0.3 is 18.8 Å². The van der Waals surface area contributed by atoms with Crippen LogP contribution in [-0.4, -0.2) is 25.4 Å². The van der Waals surface area contributed by atoms with E-state index in [1.807, 2.05) is 37.3 Å². The smallest absolute Gasteiger partial charge is 0.265 e. The van der Waals surface area contributed by atoms with Crippen LogP contribution in [0, 0.1) is 6.92 Å². The van der Waals surface area contributed by atoms with E-state index in [9.17, 15) is 9.59 Å². The van der Waals surface area contributed by atoms with Crippen LogP contribution in [0.25, 0.3) is 0 Å². The highest BCUT2D eigenvalue weighted by atomic mass is 16.5. The fourth-order valence-electron chi connectivity index (χ4n) is 2.83. The van der Waals surface area contributed by atoms with Gasteiger partial charge in [-0.1, -0.05) is 17.7 Å². The molecule has 0 aliphatic rings. The standard InChI is InChI=1S/C23H23NO5/c1-16-6-9-19(10-7-16)24(14-20-5-4-12-28-20)23(26)15-29-21-11-8-18(17(2)25)13-22(21)27-3/h4-13H,14-15H2,1-3H3. The van der Waals surface area contributed by atoms with Gasteiger partial charge in [0.2, 0.25) is 0 Å². The Labute approximate surface area is 169 Å². The minimum Gasteiger partial charge on any atom is -0.493 e. The van der Waals surface area contributed by atoms with Gasteiger partial charge in [0.15, 0.2) is 23.9 Å². The summed E-state index contributed by atoms with van der Waals surface area (Å²) in [5.41, 5.74) is 2.37. The molecule has 0 unspecified atom stereocenters. The van der Waals surface area contributed by atoms with Crippen LogP contribution in [0.15, 0.2) is 65.3 Å². The van der Waals surface area contributed by atoms with E-state index >= 15 is 0 Å². The normalized spacial score (nSPS) is 10.4. The molecule has 1 amide bonds. The molecule has 0 bridgehead atoms. The number of carbonyl (C=O) groups excluding carboxylic acids is 2. The molecule has 2 aromatic carbocycles. The quantitative estimate of drug-likeness (QED) is 0.530. The molecule has 0 spiro atoms. The minimum atomic E-state index is -0.233. The van der Waals surface area contributed by atoms with Crippen LogP contribution in [0.1, 0.15) is 28.6 Å². The number of Topliss-reactive ketones (excluding diaryl/α,β-unsaturated/α-hetero) is 1. The predicted molar refractivity (Wildman–Crippen MR) is 110 cm³/mol. The van der Waals surface area contributed by atoms with Gasteiger partial charge in [0.1, 0.15) is 5.76 Å². The maximum atomic E-state index is 13.0. The van der Waals surface area contributed by atoms with Gasteiger partial charge in [-0.25, -0.2) is 0 Å². The largest absolute Gasteiger partial charge is 0.493 e. The van der Waals surface area contributed by atoms with Crippen molar-refractivity contribution in [3.05, 3.63) is 77.7 Å². The third-order valence-electron chi connectivity index (χ3n) is 4.46. The van der Waals surface area contributed by atoms with Gasteiger partial charge in [-0.3, -0.25) is 9.59 Å². The van der Waals surface area contributed by atoms with E-state index in [1.165, 1.54) is 14.0 Å². The van der Waals surface area contributed by atoms with Crippen molar-refractivity contribution >= 4 is 17.4 Å². The number of nitrogens with zero attached hydrogens (tertiary/aromatic N) is 1. The number of benzene rings is 2. The van der Waals surface area contributed by atoms with Crippen LogP contribution in [0.2, 0.25) is 0 Å². The fraction of sp³-hybridized carbons (Fsp3) is 0.217. The summed E-state index contributed by atoms with van der Waals surface area (Å²) < 4.78 is 16.4. The third kappa shape index (κ3) is 5.04. The van der Waals surface area contributed by atoms with Gasteiger partial charge in [0, 0.05) is 11.3 Å². The van der Waals surface area contributed by atoms with Crippen LogP contribution in [0.3, 0.4) is 0 Å². The molecule has 0 fully saturated rings. The second-order valence-corrected chi connectivity index (χ2v) is 6.61. The number of carbonyl (C=O) groups is 2. The lowest BCUT2D eigenvalue weighted by atomic mass is 10.1. The average Bonchev–Trinajstić information content (AvgIpc) is 3.24. The van der Waals surface area contributed by atoms with Crippen molar-refractivity contribution in [1.82, 2.24) is 0 Å². The van der Waals surface area contributed by atoms with Crippen LogP contribution >= 0.6 is 0 Å². The van der Waals surface area contributed by atoms with Gasteiger partial charge in [0.05, 0.1) is 19.9 Å². The molecule has 0 atom stereocenters. The van der Waals surface area contributed by atoms with E-state index in [-0.39, 0.29) is 18.3 Å². The lowest BCUT2D eigenvalue weighted by Crippen LogP contribution is -2.34. The van der Waals surface area contributed by atoms with E-state index < -0.39 is 0 Å². The number of ether oxygens (including phenoxy) is 2. The zero-order valence-electron chi connectivity index (χ0n) is 16.7. The Morgan fingerprint density at radius 3 is 2.41 bits per heavy atom. The Kier molecular flexibility index (Phi) is 6.34. The van der Waals surface area contributed by atoms with Crippen molar-refractivity contribution in [1.29, 1.82) is 0 Å². The first-order chi connectivity index (χ1) is 14.0. The van der Waals surface area contributed by atoms with Gasteiger partial charge in [-0.05, 0) is 56.3 Å². The van der Waals surface area contributed by atoms with Crippen molar-refractivity contribution in [2.75, 3.05) is 18.6 Å². The van der Waals surface area contributed by atoms with E-state index in [2.05, 4.69) is 0 Å². The molecule has 150 valence electrons. The summed E-state index contributed by atoms with van der Waals surface area (Å²) in [6, 6.07) is 16.1. The fourth-order valence-corrected chi connectivity index (χ4v) is 2.83. The van der Waals surface area contributed by atoms with Crippen LogP contribution in [-0.2, 0) is 11.3 Å². The Hall–Kier alpha value is -3.54. The van der Waals surface area contributed by atoms with E-state index in [0.717, 1.165) is 11.3 Å². The highest BCUT2D eigenvalue weighted by Crippen LogP contribution is 2.28. The zero-order chi connectivity index (χ0) is 20.8. The molecule has 0 radical (unpaired) electrons. The highest BCUT2D eigenvalue weighted by molar-refractivity contribution is 5.95. The Bertz CT molecular complexity index is 977. The lowest BCUT2D eigenvalue weighted by Gasteiger charge is -2.22. The lowest BCUT2D eigenvalue weighted by molar-refractivity contribution is -0.120. The number of furan rings is 1. The number of amides is 1. The minimum absolute atomic E-state index is 0.0741. The molecule has 0 aliphatic carbocycles. The molecule has 29 heavy (non-hydrogen) atoms. The van der Waals surface area contributed by atoms with E-state index in [4.69, 9.17) is 13.9 Å². The third-order valence-corrected chi connectivity index (χ3v) is 4.46.